The van der Waals surface area contributed by atoms with Crippen LogP contribution in [0.2, 0.25) is 10.0 Å². The molecule has 0 saturated heterocycles. The van der Waals surface area contributed by atoms with Gasteiger partial charge in [-0.25, -0.2) is 4.98 Å². The van der Waals surface area contributed by atoms with Crippen LogP contribution in [-0.2, 0) is 0 Å². The van der Waals surface area contributed by atoms with Crippen LogP contribution in [0.1, 0.15) is 5.56 Å². The van der Waals surface area contributed by atoms with Crippen molar-refractivity contribution in [2.24, 2.45) is 0 Å². The van der Waals surface area contributed by atoms with Crippen molar-refractivity contribution in [2.75, 3.05) is 11.5 Å². The summed E-state index contributed by atoms with van der Waals surface area (Å²) < 4.78 is 0. The predicted molar refractivity (Wildman–Crippen MR) is 88.6 cm³/mol. The van der Waals surface area contributed by atoms with Gasteiger partial charge in [0.05, 0.1) is 5.52 Å². The second-order valence-corrected chi connectivity index (χ2v) is 5.69. The lowest BCUT2D eigenvalue weighted by atomic mass is 10.0. The van der Waals surface area contributed by atoms with Crippen molar-refractivity contribution in [1.82, 2.24) is 9.97 Å². The summed E-state index contributed by atoms with van der Waals surface area (Å²) in [7, 11) is 0. The van der Waals surface area contributed by atoms with Crippen molar-refractivity contribution in [3.05, 3.63) is 45.9 Å². The number of rotatable bonds is 1. The van der Waals surface area contributed by atoms with Gasteiger partial charge in [0.1, 0.15) is 5.82 Å². The second-order valence-electron chi connectivity index (χ2n) is 4.81. The van der Waals surface area contributed by atoms with Crippen LogP contribution in [0.3, 0.4) is 0 Å². The number of hydrogen-bond acceptors (Lipinski definition) is 4. The van der Waals surface area contributed by atoms with Crippen molar-refractivity contribution in [3.63, 3.8) is 0 Å². The van der Waals surface area contributed by atoms with E-state index < -0.39 is 0 Å². The highest BCUT2D eigenvalue weighted by atomic mass is 35.5. The summed E-state index contributed by atoms with van der Waals surface area (Å²) in [6.45, 7) is 1.95. The molecule has 0 aliphatic rings. The molecule has 0 atom stereocenters. The van der Waals surface area contributed by atoms with E-state index in [4.69, 9.17) is 34.7 Å². The number of nitrogens with two attached hydrogens (primary N) is 2. The minimum absolute atomic E-state index is 0.168. The molecule has 4 nitrogen and oxygen atoms in total. The van der Waals surface area contributed by atoms with Gasteiger partial charge in [-0.2, -0.15) is 4.98 Å². The Hall–Kier alpha value is -2.04. The molecule has 0 aliphatic carbocycles. The molecule has 0 amide bonds. The van der Waals surface area contributed by atoms with E-state index in [0.717, 1.165) is 27.6 Å². The summed E-state index contributed by atoms with van der Waals surface area (Å²) in [6.07, 6.45) is 0. The first-order valence-electron chi connectivity index (χ1n) is 6.24. The first-order valence-corrected chi connectivity index (χ1v) is 6.99. The van der Waals surface area contributed by atoms with Crippen LogP contribution in [0.4, 0.5) is 11.8 Å². The molecular formula is C15H12Cl2N4. The Morgan fingerprint density at radius 2 is 1.48 bits per heavy atom. The van der Waals surface area contributed by atoms with Gasteiger partial charge in [-0.15, -0.1) is 0 Å². The molecule has 21 heavy (non-hydrogen) atoms. The third-order valence-corrected chi connectivity index (χ3v) is 3.67. The van der Waals surface area contributed by atoms with Gasteiger partial charge in [0.2, 0.25) is 5.95 Å². The maximum Gasteiger partial charge on any atom is 0.222 e. The van der Waals surface area contributed by atoms with Crippen LogP contribution < -0.4 is 11.5 Å². The van der Waals surface area contributed by atoms with E-state index >= 15 is 0 Å². The Morgan fingerprint density at radius 3 is 2.14 bits per heavy atom. The molecule has 0 unspecified atom stereocenters. The normalized spacial score (nSPS) is 11.0. The van der Waals surface area contributed by atoms with Crippen molar-refractivity contribution in [3.8, 4) is 11.1 Å². The maximum atomic E-state index is 6.06. The van der Waals surface area contributed by atoms with Crippen molar-refractivity contribution in [1.29, 1.82) is 0 Å². The molecule has 106 valence electrons. The van der Waals surface area contributed by atoms with Crippen LogP contribution >= 0.6 is 23.2 Å². The third kappa shape index (κ3) is 2.60. The lowest BCUT2D eigenvalue weighted by molar-refractivity contribution is 1.23. The Bertz CT molecular complexity index is 842. The first-order chi connectivity index (χ1) is 9.94. The summed E-state index contributed by atoms with van der Waals surface area (Å²) in [5, 5.41) is 1.92. The van der Waals surface area contributed by atoms with E-state index in [1.807, 2.05) is 31.2 Å². The van der Waals surface area contributed by atoms with E-state index in [0.29, 0.717) is 15.9 Å². The molecular weight excluding hydrogens is 307 g/mol. The highest BCUT2D eigenvalue weighted by Crippen LogP contribution is 2.32. The number of hydrogen-bond donors (Lipinski definition) is 2. The minimum Gasteiger partial charge on any atom is -0.383 e. The standard InChI is InChI=1S/C15H12Cl2N4/c1-7-2-8(9-3-10(16)6-11(17)4-9)5-12-13(7)20-15(19)21-14(12)18/h2-6H,1H3,(H4,18,19,20,21). The number of halogens is 2. The van der Waals surface area contributed by atoms with E-state index in [-0.39, 0.29) is 5.95 Å². The number of aryl methyl sites for hydroxylation is 1. The van der Waals surface area contributed by atoms with Crippen LogP contribution in [0, 0.1) is 6.92 Å². The van der Waals surface area contributed by atoms with Crippen molar-refractivity contribution in [2.45, 2.75) is 6.92 Å². The lowest BCUT2D eigenvalue weighted by Gasteiger charge is -2.10. The van der Waals surface area contributed by atoms with Crippen LogP contribution in [0.25, 0.3) is 22.0 Å². The van der Waals surface area contributed by atoms with E-state index in [1.54, 1.807) is 6.07 Å². The van der Waals surface area contributed by atoms with Crippen LogP contribution in [0.15, 0.2) is 30.3 Å². The molecule has 6 heteroatoms. The molecule has 4 N–H and O–H groups in total. The molecule has 0 radical (unpaired) electrons. The number of anilines is 2. The zero-order valence-electron chi connectivity index (χ0n) is 11.2. The number of aromatic nitrogens is 2. The zero-order chi connectivity index (χ0) is 15.1. The average Bonchev–Trinajstić information content (AvgIpc) is 2.38. The molecule has 3 aromatic rings. The first kappa shape index (κ1) is 13.9. The van der Waals surface area contributed by atoms with Gasteiger partial charge in [-0.1, -0.05) is 23.2 Å². The third-order valence-electron chi connectivity index (χ3n) is 3.23. The zero-order valence-corrected chi connectivity index (χ0v) is 12.7. The summed E-state index contributed by atoms with van der Waals surface area (Å²) in [4.78, 5) is 8.25. The van der Waals surface area contributed by atoms with E-state index in [2.05, 4.69) is 9.97 Å². The number of benzene rings is 2. The highest BCUT2D eigenvalue weighted by molar-refractivity contribution is 6.35. The van der Waals surface area contributed by atoms with Crippen molar-refractivity contribution >= 4 is 45.9 Å². The van der Waals surface area contributed by atoms with Crippen LogP contribution in [0.5, 0.6) is 0 Å². The van der Waals surface area contributed by atoms with Gasteiger partial charge in [-0.05, 0) is 53.9 Å². The Labute approximate surface area is 131 Å². The number of fused-ring (bicyclic) bond motifs is 1. The molecule has 1 heterocycles. The van der Waals surface area contributed by atoms with E-state index in [9.17, 15) is 0 Å². The summed E-state index contributed by atoms with van der Waals surface area (Å²) in [5.41, 5.74) is 15.2. The lowest BCUT2D eigenvalue weighted by Crippen LogP contribution is -2.01. The maximum absolute atomic E-state index is 6.06. The van der Waals surface area contributed by atoms with Gasteiger partial charge in [-0.3, -0.25) is 0 Å². The van der Waals surface area contributed by atoms with Gasteiger partial charge >= 0.3 is 0 Å². The van der Waals surface area contributed by atoms with Crippen LogP contribution in [-0.4, -0.2) is 9.97 Å². The number of nitrogen functional groups attached to an aromatic ring is 2. The molecule has 0 spiro atoms. The molecule has 0 fully saturated rings. The molecule has 3 rings (SSSR count). The van der Waals surface area contributed by atoms with Gasteiger partial charge in [0.15, 0.2) is 0 Å². The predicted octanol–water partition coefficient (Wildman–Crippen LogP) is 4.08. The quantitative estimate of drug-likeness (QED) is 0.708. The molecule has 1 aromatic heterocycles. The fraction of sp³-hybridized carbons (Fsp3) is 0.0667. The molecule has 0 aliphatic heterocycles. The SMILES string of the molecule is Cc1cc(-c2cc(Cl)cc(Cl)c2)cc2c(N)nc(N)nc12. The Balaban J connectivity index is 2.30. The van der Waals surface area contributed by atoms with Crippen molar-refractivity contribution < 1.29 is 0 Å². The Morgan fingerprint density at radius 1 is 0.857 bits per heavy atom. The average molecular weight is 319 g/mol. The monoisotopic (exact) mass is 318 g/mol. The van der Waals surface area contributed by atoms with Gasteiger partial charge in [0, 0.05) is 15.4 Å². The summed E-state index contributed by atoms with van der Waals surface area (Å²) in [6, 6.07) is 9.30. The van der Waals surface area contributed by atoms with Gasteiger partial charge < -0.3 is 11.5 Å². The fourth-order valence-electron chi connectivity index (χ4n) is 2.33. The second kappa shape index (κ2) is 5.06. The Kier molecular flexibility index (Phi) is 3.35. The molecule has 0 bridgehead atoms. The smallest absolute Gasteiger partial charge is 0.222 e. The minimum atomic E-state index is 0.168. The topological polar surface area (TPSA) is 77.8 Å². The largest absolute Gasteiger partial charge is 0.383 e. The summed E-state index contributed by atoms with van der Waals surface area (Å²) >= 11 is 12.1. The number of nitrogens with zero attached hydrogens (tertiary/aromatic N) is 2. The summed E-state index contributed by atoms with van der Waals surface area (Å²) in [5.74, 6) is 0.525. The van der Waals surface area contributed by atoms with E-state index in [1.165, 1.54) is 0 Å². The molecule has 0 saturated carbocycles. The fourth-order valence-corrected chi connectivity index (χ4v) is 2.86. The van der Waals surface area contributed by atoms with Gasteiger partial charge in [0.25, 0.3) is 0 Å². The molecule has 2 aromatic carbocycles. The highest BCUT2D eigenvalue weighted by Gasteiger charge is 2.10.